The summed E-state index contributed by atoms with van der Waals surface area (Å²) < 4.78 is 17.9. The van der Waals surface area contributed by atoms with Crippen LogP contribution in [0.15, 0.2) is 36.4 Å². The number of nitrogen functional groups attached to an aromatic ring is 1. The standard InChI is InChI=1S/C14H12ClFN2O2/c1-20-9-3-4-10(12(17)7-9)14(19)18-13-5-2-8(16)6-11(13)15/h2-7H,17H2,1H3,(H,18,19). The molecule has 0 saturated heterocycles. The highest BCUT2D eigenvalue weighted by molar-refractivity contribution is 6.34. The van der Waals surface area contributed by atoms with Gasteiger partial charge in [-0.05, 0) is 30.3 Å². The quantitative estimate of drug-likeness (QED) is 0.854. The van der Waals surface area contributed by atoms with Crippen LogP contribution in [-0.4, -0.2) is 13.0 Å². The van der Waals surface area contributed by atoms with Crippen LogP contribution in [0, 0.1) is 5.82 Å². The molecule has 20 heavy (non-hydrogen) atoms. The molecule has 0 heterocycles. The van der Waals surface area contributed by atoms with Crippen LogP contribution >= 0.6 is 11.6 Å². The summed E-state index contributed by atoms with van der Waals surface area (Å²) in [7, 11) is 1.51. The normalized spacial score (nSPS) is 10.2. The molecule has 0 saturated carbocycles. The summed E-state index contributed by atoms with van der Waals surface area (Å²) in [6.45, 7) is 0. The fourth-order valence-corrected chi connectivity index (χ4v) is 1.87. The van der Waals surface area contributed by atoms with Crippen LogP contribution in [0.2, 0.25) is 5.02 Å². The fourth-order valence-electron chi connectivity index (χ4n) is 1.66. The third-order valence-electron chi connectivity index (χ3n) is 2.68. The molecule has 0 radical (unpaired) electrons. The first-order valence-electron chi connectivity index (χ1n) is 5.71. The van der Waals surface area contributed by atoms with Crippen molar-refractivity contribution in [2.75, 3.05) is 18.2 Å². The smallest absolute Gasteiger partial charge is 0.257 e. The molecular formula is C14H12ClFN2O2. The minimum absolute atomic E-state index is 0.116. The molecule has 2 aromatic rings. The lowest BCUT2D eigenvalue weighted by atomic mass is 10.1. The van der Waals surface area contributed by atoms with Crippen molar-refractivity contribution >= 4 is 28.9 Å². The number of ether oxygens (including phenoxy) is 1. The van der Waals surface area contributed by atoms with Crippen molar-refractivity contribution in [2.24, 2.45) is 0 Å². The molecule has 0 aliphatic carbocycles. The summed E-state index contributed by atoms with van der Waals surface area (Å²) in [5.74, 6) is -0.352. The number of rotatable bonds is 3. The van der Waals surface area contributed by atoms with Crippen molar-refractivity contribution in [2.45, 2.75) is 0 Å². The maximum Gasteiger partial charge on any atom is 0.257 e. The molecule has 2 rings (SSSR count). The third kappa shape index (κ3) is 3.00. The number of halogens is 2. The summed E-state index contributed by atoms with van der Waals surface area (Å²) >= 11 is 5.84. The van der Waals surface area contributed by atoms with Gasteiger partial charge in [-0.2, -0.15) is 0 Å². The number of nitrogens with one attached hydrogen (secondary N) is 1. The average molecular weight is 295 g/mol. The number of nitrogens with two attached hydrogens (primary N) is 1. The Morgan fingerprint density at radius 1 is 1.30 bits per heavy atom. The van der Waals surface area contributed by atoms with Gasteiger partial charge in [0.15, 0.2) is 0 Å². The number of benzene rings is 2. The SMILES string of the molecule is COc1ccc(C(=O)Nc2ccc(F)cc2Cl)c(N)c1. The Morgan fingerprint density at radius 2 is 2.05 bits per heavy atom. The first-order valence-corrected chi connectivity index (χ1v) is 6.09. The fraction of sp³-hybridized carbons (Fsp3) is 0.0714. The van der Waals surface area contributed by atoms with Crippen molar-refractivity contribution in [3.63, 3.8) is 0 Å². The molecule has 0 spiro atoms. The number of carbonyl (C=O) groups excluding carboxylic acids is 1. The van der Waals surface area contributed by atoms with E-state index in [9.17, 15) is 9.18 Å². The molecule has 1 amide bonds. The van der Waals surface area contributed by atoms with Gasteiger partial charge in [0.05, 0.1) is 23.4 Å². The highest BCUT2D eigenvalue weighted by Crippen LogP contribution is 2.25. The Morgan fingerprint density at radius 3 is 2.65 bits per heavy atom. The predicted molar refractivity (Wildman–Crippen MR) is 76.8 cm³/mol. The zero-order valence-corrected chi connectivity index (χ0v) is 11.4. The summed E-state index contributed by atoms with van der Waals surface area (Å²) in [6, 6.07) is 8.42. The lowest BCUT2D eigenvalue weighted by Crippen LogP contribution is -2.14. The molecule has 104 valence electrons. The van der Waals surface area contributed by atoms with Crippen LogP contribution in [0.25, 0.3) is 0 Å². The molecule has 0 fully saturated rings. The van der Waals surface area contributed by atoms with Crippen LogP contribution in [-0.2, 0) is 0 Å². The van der Waals surface area contributed by atoms with Crippen molar-refractivity contribution in [3.8, 4) is 5.75 Å². The van der Waals surface area contributed by atoms with E-state index in [2.05, 4.69) is 5.32 Å². The van der Waals surface area contributed by atoms with Gasteiger partial charge in [-0.15, -0.1) is 0 Å². The number of anilines is 2. The van der Waals surface area contributed by atoms with Crippen LogP contribution in [0.5, 0.6) is 5.75 Å². The molecule has 0 aliphatic heterocycles. The molecule has 2 aromatic carbocycles. The largest absolute Gasteiger partial charge is 0.497 e. The van der Waals surface area contributed by atoms with Gasteiger partial charge in [0.1, 0.15) is 11.6 Å². The zero-order valence-electron chi connectivity index (χ0n) is 10.6. The molecule has 6 heteroatoms. The average Bonchev–Trinajstić information content (AvgIpc) is 2.41. The van der Waals surface area contributed by atoms with E-state index >= 15 is 0 Å². The van der Waals surface area contributed by atoms with E-state index in [4.69, 9.17) is 22.1 Å². The van der Waals surface area contributed by atoms with Gasteiger partial charge in [-0.1, -0.05) is 11.6 Å². The number of methoxy groups -OCH3 is 1. The van der Waals surface area contributed by atoms with Crippen LogP contribution in [0.4, 0.5) is 15.8 Å². The molecule has 0 aliphatic rings. The second kappa shape index (κ2) is 5.79. The van der Waals surface area contributed by atoms with E-state index in [0.29, 0.717) is 11.4 Å². The van der Waals surface area contributed by atoms with Gasteiger partial charge in [0.2, 0.25) is 0 Å². The Kier molecular flexibility index (Phi) is 4.10. The maximum atomic E-state index is 12.9. The molecular weight excluding hydrogens is 283 g/mol. The number of hydrogen-bond acceptors (Lipinski definition) is 3. The lowest BCUT2D eigenvalue weighted by molar-refractivity contribution is 0.102. The van der Waals surface area contributed by atoms with Gasteiger partial charge in [-0.3, -0.25) is 4.79 Å². The van der Waals surface area contributed by atoms with E-state index in [1.165, 1.54) is 19.2 Å². The zero-order chi connectivity index (χ0) is 14.7. The topological polar surface area (TPSA) is 64.3 Å². The van der Waals surface area contributed by atoms with Crippen molar-refractivity contribution in [1.29, 1.82) is 0 Å². The molecule has 0 aromatic heterocycles. The lowest BCUT2D eigenvalue weighted by Gasteiger charge is -2.10. The van der Waals surface area contributed by atoms with Gasteiger partial charge in [0.25, 0.3) is 5.91 Å². The summed E-state index contributed by atoms with van der Waals surface area (Å²) in [5.41, 5.74) is 6.65. The second-order valence-electron chi connectivity index (χ2n) is 4.03. The third-order valence-corrected chi connectivity index (χ3v) is 3.00. The van der Waals surface area contributed by atoms with E-state index < -0.39 is 11.7 Å². The van der Waals surface area contributed by atoms with E-state index in [1.54, 1.807) is 18.2 Å². The van der Waals surface area contributed by atoms with Crippen molar-refractivity contribution in [3.05, 3.63) is 52.8 Å². The summed E-state index contributed by atoms with van der Waals surface area (Å²) in [4.78, 5) is 12.1. The minimum atomic E-state index is -0.475. The minimum Gasteiger partial charge on any atom is -0.497 e. The van der Waals surface area contributed by atoms with Crippen molar-refractivity contribution < 1.29 is 13.9 Å². The molecule has 0 unspecified atom stereocenters. The van der Waals surface area contributed by atoms with Crippen LogP contribution < -0.4 is 15.8 Å². The highest BCUT2D eigenvalue weighted by Gasteiger charge is 2.12. The van der Waals surface area contributed by atoms with E-state index in [1.807, 2.05) is 0 Å². The van der Waals surface area contributed by atoms with Gasteiger partial charge in [0, 0.05) is 11.8 Å². The van der Waals surface area contributed by atoms with Crippen LogP contribution in [0.3, 0.4) is 0 Å². The van der Waals surface area contributed by atoms with E-state index in [-0.39, 0.29) is 16.3 Å². The van der Waals surface area contributed by atoms with Gasteiger partial charge < -0.3 is 15.8 Å². The maximum absolute atomic E-state index is 12.9. The molecule has 0 atom stereocenters. The summed E-state index contributed by atoms with van der Waals surface area (Å²) in [5, 5.41) is 2.69. The summed E-state index contributed by atoms with van der Waals surface area (Å²) in [6.07, 6.45) is 0. The van der Waals surface area contributed by atoms with E-state index in [0.717, 1.165) is 6.07 Å². The highest BCUT2D eigenvalue weighted by atomic mass is 35.5. The predicted octanol–water partition coefficient (Wildman–Crippen LogP) is 3.32. The number of carbonyl (C=O) groups is 1. The van der Waals surface area contributed by atoms with Gasteiger partial charge >= 0.3 is 0 Å². The first-order chi connectivity index (χ1) is 9.51. The van der Waals surface area contributed by atoms with Crippen molar-refractivity contribution in [1.82, 2.24) is 0 Å². The molecule has 0 bridgehead atoms. The number of amides is 1. The van der Waals surface area contributed by atoms with Crippen LogP contribution in [0.1, 0.15) is 10.4 Å². The Hall–Kier alpha value is -2.27. The van der Waals surface area contributed by atoms with Gasteiger partial charge in [-0.25, -0.2) is 4.39 Å². The second-order valence-corrected chi connectivity index (χ2v) is 4.44. The Balaban J connectivity index is 2.24. The Bertz CT molecular complexity index is 662. The molecule has 4 nitrogen and oxygen atoms in total. The first kappa shape index (κ1) is 14.1. The monoisotopic (exact) mass is 294 g/mol. The molecule has 3 N–H and O–H groups in total. The number of hydrogen-bond donors (Lipinski definition) is 2. The Labute approximate surface area is 120 Å².